The van der Waals surface area contributed by atoms with Crippen LogP contribution in [0.3, 0.4) is 0 Å². The molecule has 22 heavy (non-hydrogen) atoms. The van der Waals surface area contributed by atoms with Crippen molar-refractivity contribution >= 4 is 22.9 Å². The summed E-state index contributed by atoms with van der Waals surface area (Å²) in [4.78, 5) is 22.7. The molecule has 2 N–H and O–H groups in total. The van der Waals surface area contributed by atoms with Gasteiger partial charge in [-0.1, -0.05) is 18.2 Å². The van der Waals surface area contributed by atoms with Crippen LogP contribution in [0.1, 0.15) is 11.1 Å². The Kier molecular flexibility index (Phi) is 3.42. The monoisotopic (exact) mass is 298 g/mol. The first-order valence-corrected chi connectivity index (χ1v) is 6.72. The number of aryl methyl sites for hydroxylation is 1. The maximum Gasteiger partial charge on any atom is 0.420 e. The maximum atomic E-state index is 12.0. The fraction of sp³-hybridized carbons (Fsp3) is 0.125. The van der Waals surface area contributed by atoms with Gasteiger partial charge in [-0.05, 0) is 42.3 Å². The average Bonchev–Trinajstić information content (AvgIpc) is 2.75. The van der Waals surface area contributed by atoms with Crippen LogP contribution in [-0.2, 0) is 6.54 Å². The van der Waals surface area contributed by atoms with Crippen molar-refractivity contribution in [2.24, 2.45) is 0 Å². The number of nitrogens with zero attached hydrogens (tertiary/aromatic N) is 1. The number of hydrogen-bond acceptors (Lipinski definition) is 3. The van der Waals surface area contributed by atoms with Crippen molar-refractivity contribution in [3.05, 3.63) is 64.1 Å². The third kappa shape index (κ3) is 2.71. The first kappa shape index (κ1) is 13.9. The molecule has 0 unspecified atom stereocenters. The number of fused-ring (bicyclic) bond motifs is 1. The van der Waals surface area contributed by atoms with Crippen molar-refractivity contribution < 1.29 is 14.3 Å². The van der Waals surface area contributed by atoms with E-state index in [2.05, 4.69) is 5.32 Å². The molecule has 0 aliphatic carbocycles. The lowest BCUT2D eigenvalue weighted by Gasteiger charge is -2.06. The van der Waals surface area contributed by atoms with E-state index in [1.807, 2.05) is 25.1 Å². The van der Waals surface area contributed by atoms with Gasteiger partial charge in [-0.15, -0.1) is 0 Å². The van der Waals surface area contributed by atoms with Crippen molar-refractivity contribution in [2.45, 2.75) is 13.5 Å². The Morgan fingerprint density at radius 1 is 1.27 bits per heavy atom. The maximum absolute atomic E-state index is 12.0. The van der Waals surface area contributed by atoms with E-state index in [0.29, 0.717) is 17.8 Å². The molecular weight excluding hydrogens is 284 g/mol. The van der Waals surface area contributed by atoms with Crippen molar-refractivity contribution in [3.8, 4) is 0 Å². The minimum atomic E-state index is -1.13. The quantitative estimate of drug-likeness (QED) is 0.778. The van der Waals surface area contributed by atoms with Gasteiger partial charge in [0.1, 0.15) is 0 Å². The third-order valence-electron chi connectivity index (χ3n) is 3.34. The van der Waals surface area contributed by atoms with Crippen molar-refractivity contribution in [3.63, 3.8) is 0 Å². The van der Waals surface area contributed by atoms with Crippen molar-refractivity contribution in [1.29, 1.82) is 0 Å². The molecule has 0 radical (unpaired) electrons. The van der Waals surface area contributed by atoms with Gasteiger partial charge >= 0.3 is 11.8 Å². The first-order valence-electron chi connectivity index (χ1n) is 6.72. The second kappa shape index (κ2) is 5.40. The number of carbonyl (C=O) groups is 1. The number of nitrogens with one attached hydrogen (secondary N) is 1. The zero-order chi connectivity index (χ0) is 15.7. The van der Waals surface area contributed by atoms with Crippen LogP contribution in [0.25, 0.3) is 11.1 Å². The van der Waals surface area contributed by atoms with Gasteiger partial charge in [0, 0.05) is 5.69 Å². The number of aromatic nitrogens is 1. The van der Waals surface area contributed by atoms with E-state index in [0.717, 1.165) is 16.6 Å². The highest BCUT2D eigenvalue weighted by Gasteiger charge is 2.10. The fourth-order valence-corrected chi connectivity index (χ4v) is 2.38. The van der Waals surface area contributed by atoms with Gasteiger partial charge < -0.3 is 9.52 Å². The predicted octanol–water partition coefficient (Wildman–Crippen LogP) is 3.04. The molecule has 1 amide bonds. The summed E-state index contributed by atoms with van der Waals surface area (Å²) >= 11 is 0. The lowest BCUT2D eigenvalue weighted by Crippen LogP contribution is -2.15. The summed E-state index contributed by atoms with van der Waals surface area (Å²) in [5.74, 6) is -0.433. The van der Waals surface area contributed by atoms with Gasteiger partial charge in [-0.3, -0.25) is 9.88 Å². The van der Waals surface area contributed by atoms with Crippen LogP contribution in [0.2, 0.25) is 0 Å². The molecule has 0 atom stereocenters. The van der Waals surface area contributed by atoms with Crippen LogP contribution >= 0.6 is 0 Å². The van der Waals surface area contributed by atoms with Crippen LogP contribution < -0.4 is 11.1 Å². The largest absolute Gasteiger partial charge is 0.465 e. The second-order valence-electron chi connectivity index (χ2n) is 5.06. The molecule has 1 aromatic heterocycles. The summed E-state index contributed by atoms with van der Waals surface area (Å²) in [7, 11) is 0. The molecule has 3 aromatic rings. The lowest BCUT2D eigenvalue weighted by molar-refractivity contribution is 0.210. The Morgan fingerprint density at radius 3 is 2.86 bits per heavy atom. The summed E-state index contributed by atoms with van der Waals surface area (Å²) in [6.45, 7) is 2.25. The molecule has 112 valence electrons. The second-order valence-corrected chi connectivity index (χ2v) is 5.06. The SMILES string of the molecule is Cc1ccc2oc(=O)n(Cc3cccc(NC(=O)O)c3)c2c1. The summed E-state index contributed by atoms with van der Waals surface area (Å²) in [5, 5.41) is 11.0. The first-order chi connectivity index (χ1) is 10.5. The van der Waals surface area contributed by atoms with Gasteiger partial charge in [-0.25, -0.2) is 9.59 Å². The van der Waals surface area contributed by atoms with Crippen LogP contribution in [0.4, 0.5) is 10.5 Å². The van der Waals surface area contributed by atoms with Crippen LogP contribution in [0, 0.1) is 6.92 Å². The Morgan fingerprint density at radius 2 is 2.09 bits per heavy atom. The number of carboxylic acid groups (broad SMARTS) is 1. The van der Waals surface area contributed by atoms with E-state index in [-0.39, 0.29) is 0 Å². The molecule has 3 rings (SSSR count). The molecule has 0 saturated heterocycles. The van der Waals surface area contributed by atoms with E-state index in [1.54, 1.807) is 24.3 Å². The number of rotatable bonds is 3. The molecule has 0 bridgehead atoms. The van der Waals surface area contributed by atoms with Crippen LogP contribution in [-0.4, -0.2) is 15.8 Å². The highest BCUT2D eigenvalue weighted by atomic mass is 16.4. The molecule has 6 heteroatoms. The standard InChI is InChI=1S/C16H14N2O4/c1-10-5-6-14-13(7-10)18(16(21)22-14)9-11-3-2-4-12(8-11)17-15(19)20/h2-8,17H,9H2,1H3,(H,19,20). The van der Waals surface area contributed by atoms with Gasteiger partial charge in [0.05, 0.1) is 12.1 Å². The van der Waals surface area contributed by atoms with E-state index >= 15 is 0 Å². The normalized spacial score (nSPS) is 10.8. The Labute approximate surface area is 125 Å². The number of amides is 1. The van der Waals surface area contributed by atoms with Crippen molar-refractivity contribution in [1.82, 2.24) is 4.57 Å². The highest BCUT2D eigenvalue weighted by molar-refractivity contribution is 5.82. The van der Waals surface area contributed by atoms with Gasteiger partial charge in [0.2, 0.25) is 0 Å². The Hall–Kier alpha value is -3.02. The van der Waals surface area contributed by atoms with E-state index in [4.69, 9.17) is 9.52 Å². The van der Waals surface area contributed by atoms with Crippen molar-refractivity contribution in [2.75, 3.05) is 5.32 Å². The van der Waals surface area contributed by atoms with Gasteiger partial charge in [-0.2, -0.15) is 0 Å². The van der Waals surface area contributed by atoms with Crippen LogP contribution in [0.5, 0.6) is 0 Å². The fourth-order valence-electron chi connectivity index (χ4n) is 2.38. The van der Waals surface area contributed by atoms with Gasteiger partial charge in [0.15, 0.2) is 5.58 Å². The molecule has 0 aliphatic heterocycles. The zero-order valence-corrected chi connectivity index (χ0v) is 11.9. The smallest absolute Gasteiger partial charge is 0.420 e. The minimum Gasteiger partial charge on any atom is -0.465 e. The number of oxazole rings is 1. The molecule has 0 fully saturated rings. The lowest BCUT2D eigenvalue weighted by atomic mass is 10.2. The Bertz CT molecular complexity index is 908. The summed E-state index contributed by atoms with van der Waals surface area (Å²) in [5.41, 5.74) is 3.56. The molecule has 0 saturated carbocycles. The van der Waals surface area contributed by atoms with E-state index in [9.17, 15) is 9.59 Å². The molecular formula is C16H14N2O4. The highest BCUT2D eigenvalue weighted by Crippen LogP contribution is 2.17. The summed E-state index contributed by atoms with van der Waals surface area (Å²) in [6.07, 6.45) is -1.13. The third-order valence-corrected chi connectivity index (χ3v) is 3.34. The molecule has 0 aliphatic rings. The zero-order valence-electron chi connectivity index (χ0n) is 11.9. The minimum absolute atomic E-state index is 0.310. The topological polar surface area (TPSA) is 84.5 Å². The van der Waals surface area contributed by atoms with Gasteiger partial charge in [0.25, 0.3) is 0 Å². The molecule has 6 nitrogen and oxygen atoms in total. The predicted molar refractivity (Wildman–Crippen MR) is 82.4 cm³/mol. The van der Waals surface area contributed by atoms with E-state index in [1.165, 1.54) is 4.57 Å². The summed E-state index contributed by atoms with van der Waals surface area (Å²) in [6, 6.07) is 12.4. The Balaban J connectivity index is 1.99. The molecule has 2 aromatic carbocycles. The number of anilines is 1. The number of hydrogen-bond donors (Lipinski definition) is 2. The van der Waals surface area contributed by atoms with Crippen LogP contribution in [0.15, 0.2) is 51.7 Å². The average molecular weight is 298 g/mol. The molecule has 1 heterocycles. The summed E-state index contributed by atoms with van der Waals surface area (Å²) < 4.78 is 6.75. The number of benzene rings is 2. The molecule has 0 spiro atoms. The van der Waals surface area contributed by atoms with E-state index < -0.39 is 11.8 Å².